The SMILES string of the molecule is CCOC(=O)NC(=S)Nc1cccnc1C(=O)OCC. The minimum atomic E-state index is -0.674. The molecule has 0 unspecified atom stereocenters. The first-order valence-electron chi connectivity index (χ1n) is 5.95. The van der Waals surface area contributed by atoms with Gasteiger partial charge in [-0.05, 0) is 38.2 Å². The molecule has 0 saturated heterocycles. The first-order chi connectivity index (χ1) is 9.58. The molecule has 108 valence electrons. The summed E-state index contributed by atoms with van der Waals surface area (Å²) in [7, 11) is 0. The van der Waals surface area contributed by atoms with Crippen molar-refractivity contribution in [3.8, 4) is 0 Å². The number of nitrogens with one attached hydrogen (secondary N) is 2. The van der Waals surface area contributed by atoms with Crippen molar-refractivity contribution in [2.45, 2.75) is 13.8 Å². The quantitative estimate of drug-likeness (QED) is 0.645. The van der Waals surface area contributed by atoms with E-state index in [4.69, 9.17) is 17.0 Å². The topological polar surface area (TPSA) is 89.5 Å². The van der Waals surface area contributed by atoms with E-state index in [2.05, 4.69) is 20.4 Å². The van der Waals surface area contributed by atoms with Gasteiger partial charge in [-0.25, -0.2) is 14.6 Å². The van der Waals surface area contributed by atoms with Crippen molar-refractivity contribution in [2.24, 2.45) is 0 Å². The minimum Gasteiger partial charge on any atom is -0.461 e. The molecular weight excluding hydrogens is 282 g/mol. The maximum absolute atomic E-state index is 11.7. The third-order valence-electron chi connectivity index (χ3n) is 2.02. The van der Waals surface area contributed by atoms with Gasteiger partial charge in [0.25, 0.3) is 0 Å². The number of thiocarbonyl (C=S) groups is 1. The van der Waals surface area contributed by atoms with Gasteiger partial charge >= 0.3 is 12.1 Å². The summed E-state index contributed by atoms with van der Waals surface area (Å²) in [6.45, 7) is 3.84. The Bertz CT molecular complexity index is 507. The van der Waals surface area contributed by atoms with Crippen molar-refractivity contribution >= 4 is 35.1 Å². The molecule has 0 radical (unpaired) electrons. The number of aromatic nitrogens is 1. The number of anilines is 1. The number of hydrogen-bond donors (Lipinski definition) is 2. The average molecular weight is 297 g/mol. The van der Waals surface area contributed by atoms with Crippen LogP contribution in [0.25, 0.3) is 0 Å². The molecule has 1 aromatic rings. The highest BCUT2D eigenvalue weighted by Crippen LogP contribution is 2.13. The molecule has 8 heteroatoms. The molecule has 7 nitrogen and oxygen atoms in total. The van der Waals surface area contributed by atoms with Gasteiger partial charge in [0, 0.05) is 6.20 Å². The summed E-state index contributed by atoms with van der Waals surface area (Å²) in [4.78, 5) is 26.8. The Kier molecular flexibility index (Phi) is 6.38. The zero-order valence-electron chi connectivity index (χ0n) is 11.1. The minimum absolute atomic E-state index is 0.00185. The predicted octanol–water partition coefficient (Wildman–Crippen LogP) is 1.70. The zero-order chi connectivity index (χ0) is 15.0. The lowest BCUT2D eigenvalue weighted by molar-refractivity contribution is 0.0521. The fourth-order valence-electron chi connectivity index (χ4n) is 1.28. The van der Waals surface area contributed by atoms with Gasteiger partial charge in [-0.3, -0.25) is 5.32 Å². The van der Waals surface area contributed by atoms with Crippen molar-refractivity contribution in [3.05, 3.63) is 24.0 Å². The Morgan fingerprint density at radius 1 is 1.30 bits per heavy atom. The van der Waals surface area contributed by atoms with Gasteiger partial charge in [0.1, 0.15) is 0 Å². The van der Waals surface area contributed by atoms with E-state index in [1.54, 1.807) is 26.0 Å². The third kappa shape index (κ3) is 4.81. The highest BCUT2D eigenvalue weighted by molar-refractivity contribution is 7.80. The van der Waals surface area contributed by atoms with Crippen LogP contribution in [-0.4, -0.2) is 35.4 Å². The molecule has 0 saturated carbocycles. The summed E-state index contributed by atoms with van der Waals surface area (Å²) in [5.41, 5.74) is 0.426. The lowest BCUT2D eigenvalue weighted by atomic mass is 10.3. The highest BCUT2D eigenvalue weighted by Gasteiger charge is 2.15. The van der Waals surface area contributed by atoms with E-state index in [1.165, 1.54) is 6.20 Å². The number of ether oxygens (including phenoxy) is 2. The molecule has 0 aliphatic rings. The molecule has 1 heterocycles. The van der Waals surface area contributed by atoms with Gasteiger partial charge in [0.05, 0.1) is 18.9 Å². The van der Waals surface area contributed by atoms with Crippen LogP contribution < -0.4 is 10.6 Å². The lowest BCUT2D eigenvalue weighted by Crippen LogP contribution is -2.35. The second kappa shape index (κ2) is 8.05. The van der Waals surface area contributed by atoms with Gasteiger partial charge in [-0.1, -0.05) is 0 Å². The number of carbonyl (C=O) groups excluding carboxylic acids is 2. The molecule has 1 rings (SSSR count). The van der Waals surface area contributed by atoms with Crippen molar-refractivity contribution < 1.29 is 19.1 Å². The Balaban J connectivity index is 2.74. The van der Waals surface area contributed by atoms with Crippen LogP contribution in [0.5, 0.6) is 0 Å². The van der Waals surface area contributed by atoms with Gasteiger partial charge in [0.15, 0.2) is 10.8 Å². The first kappa shape index (κ1) is 15.8. The van der Waals surface area contributed by atoms with Gasteiger partial charge < -0.3 is 14.8 Å². The molecule has 2 N–H and O–H groups in total. The van der Waals surface area contributed by atoms with Crippen LogP contribution in [0.1, 0.15) is 24.3 Å². The van der Waals surface area contributed by atoms with Crippen LogP contribution in [0.15, 0.2) is 18.3 Å². The maximum Gasteiger partial charge on any atom is 0.413 e. The van der Waals surface area contributed by atoms with Crippen LogP contribution >= 0.6 is 12.2 Å². The van der Waals surface area contributed by atoms with Crippen molar-refractivity contribution in [2.75, 3.05) is 18.5 Å². The predicted molar refractivity (Wildman–Crippen MR) is 76.6 cm³/mol. The van der Waals surface area contributed by atoms with Crippen molar-refractivity contribution in [3.63, 3.8) is 0 Å². The molecule has 0 aliphatic carbocycles. The van der Waals surface area contributed by atoms with Gasteiger partial charge in [-0.15, -0.1) is 0 Å². The van der Waals surface area contributed by atoms with E-state index in [9.17, 15) is 9.59 Å². The summed E-state index contributed by atoms with van der Waals surface area (Å²) in [6.07, 6.45) is 0.783. The number of alkyl carbamates (subject to hydrolysis) is 1. The molecule has 20 heavy (non-hydrogen) atoms. The smallest absolute Gasteiger partial charge is 0.413 e. The Morgan fingerprint density at radius 2 is 2.00 bits per heavy atom. The van der Waals surface area contributed by atoms with E-state index in [-0.39, 0.29) is 24.0 Å². The number of esters is 1. The summed E-state index contributed by atoms with van der Waals surface area (Å²) < 4.78 is 9.55. The number of hydrogen-bond acceptors (Lipinski definition) is 6. The van der Waals surface area contributed by atoms with Crippen LogP contribution in [0.4, 0.5) is 10.5 Å². The Morgan fingerprint density at radius 3 is 2.65 bits per heavy atom. The van der Waals surface area contributed by atoms with E-state index in [0.717, 1.165) is 0 Å². The summed E-state index contributed by atoms with van der Waals surface area (Å²) >= 11 is 4.93. The fraction of sp³-hybridized carbons (Fsp3) is 0.333. The van der Waals surface area contributed by atoms with Crippen LogP contribution in [0.2, 0.25) is 0 Å². The molecule has 0 fully saturated rings. The summed E-state index contributed by atoms with van der Waals surface area (Å²) in [5.74, 6) is -0.575. The van der Waals surface area contributed by atoms with Crippen molar-refractivity contribution in [1.29, 1.82) is 0 Å². The molecule has 0 spiro atoms. The number of pyridine rings is 1. The number of nitrogens with zero attached hydrogens (tertiary/aromatic N) is 1. The standard InChI is InChI=1S/C12H15N3O4S/c1-3-18-10(16)9-8(6-5-7-13-9)14-11(20)15-12(17)19-4-2/h5-7H,3-4H2,1-2H3,(H2,14,15,17,20). The molecule has 1 amide bonds. The molecule has 0 bridgehead atoms. The average Bonchev–Trinajstić information content (AvgIpc) is 2.39. The summed E-state index contributed by atoms with van der Waals surface area (Å²) in [6, 6.07) is 3.22. The zero-order valence-corrected chi connectivity index (χ0v) is 12.0. The van der Waals surface area contributed by atoms with Gasteiger partial charge in [-0.2, -0.15) is 0 Å². The second-order valence-corrected chi connectivity index (χ2v) is 3.83. The summed E-state index contributed by atoms with van der Waals surface area (Å²) in [5, 5.41) is 5.00. The van der Waals surface area contributed by atoms with E-state index >= 15 is 0 Å². The number of amides is 1. The van der Waals surface area contributed by atoms with Gasteiger partial charge in [0.2, 0.25) is 0 Å². The molecular formula is C12H15N3O4S. The highest BCUT2D eigenvalue weighted by atomic mass is 32.1. The maximum atomic E-state index is 11.7. The van der Waals surface area contributed by atoms with Crippen LogP contribution in [0, 0.1) is 0 Å². The first-order valence-corrected chi connectivity index (χ1v) is 6.36. The van der Waals surface area contributed by atoms with Crippen LogP contribution in [0.3, 0.4) is 0 Å². The number of carbonyl (C=O) groups is 2. The fourth-order valence-corrected chi connectivity index (χ4v) is 1.48. The Hall–Kier alpha value is -2.22. The monoisotopic (exact) mass is 297 g/mol. The third-order valence-corrected chi connectivity index (χ3v) is 2.22. The van der Waals surface area contributed by atoms with E-state index < -0.39 is 12.1 Å². The lowest BCUT2D eigenvalue weighted by Gasteiger charge is -2.11. The molecule has 1 aromatic heterocycles. The largest absolute Gasteiger partial charge is 0.461 e. The molecule has 0 aromatic carbocycles. The normalized spacial score (nSPS) is 9.50. The van der Waals surface area contributed by atoms with E-state index in [1.807, 2.05) is 0 Å². The van der Waals surface area contributed by atoms with Crippen molar-refractivity contribution in [1.82, 2.24) is 10.3 Å². The number of rotatable bonds is 4. The van der Waals surface area contributed by atoms with E-state index in [0.29, 0.717) is 5.69 Å². The second-order valence-electron chi connectivity index (χ2n) is 3.42. The Labute approximate surface area is 121 Å². The molecule has 0 atom stereocenters. The molecule has 0 aliphatic heterocycles. The van der Waals surface area contributed by atoms with Crippen LogP contribution in [-0.2, 0) is 9.47 Å².